The second-order valence-electron chi connectivity index (χ2n) is 5.12. The lowest BCUT2D eigenvalue weighted by Gasteiger charge is -2.12. The van der Waals surface area contributed by atoms with E-state index < -0.39 is 0 Å². The first-order valence-corrected chi connectivity index (χ1v) is 7.40. The minimum Gasteiger partial charge on any atom is -0.384 e. The molecule has 1 aromatic heterocycles. The van der Waals surface area contributed by atoms with Crippen molar-refractivity contribution in [3.05, 3.63) is 21.4 Å². The van der Waals surface area contributed by atoms with E-state index in [4.69, 9.17) is 5.11 Å². The van der Waals surface area contributed by atoms with E-state index in [-0.39, 0.29) is 12.5 Å². The quantitative estimate of drug-likeness (QED) is 0.830. The minimum absolute atomic E-state index is 0.00938. The molecule has 1 amide bonds. The highest BCUT2D eigenvalue weighted by Crippen LogP contribution is 2.47. The molecule has 0 aromatic carbocycles. The van der Waals surface area contributed by atoms with Crippen LogP contribution in [0.25, 0.3) is 0 Å². The van der Waals surface area contributed by atoms with E-state index in [1.165, 1.54) is 24.2 Å². The summed E-state index contributed by atoms with van der Waals surface area (Å²) in [5.41, 5.74) is 1.36. The average molecular weight is 277 g/mol. The highest BCUT2D eigenvalue weighted by molar-refractivity contribution is 7.14. The summed E-state index contributed by atoms with van der Waals surface area (Å²) in [5, 5.41) is 11.7. The largest absolute Gasteiger partial charge is 0.384 e. The summed E-state index contributed by atoms with van der Waals surface area (Å²) in [5.74, 6) is 5.48. The number of rotatable bonds is 4. The molecular weight excluding hydrogens is 258 g/mol. The van der Waals surface area contributed by atoms with E-state index >= 15 is 0 Å². The molecular formula is C15H19NO2S. The lowest BCUT2D eigenvalue weighted by molar-refractivity contribution is 0.0948. The summed E-state index contributed by atoms with van der Waals surface area (Å²) in [6.07, 6.45) is 3.57. The fourth-order valence-electron chi connectivity index (χ4n) is 2.02. The molecule has 0 unspecified atom stereocenters. The van der Waals surface area contributed by atoms with Crippen LogP contribution in [-0.2, 0) is 0 Å². The van der Waals surface area contributed by atoms with Gasteiger partial charge in [-0.2, -0.15) is 0 Å². The maximum atomic E-state index is 12.1. The Morgan fingerprint density at radius 3 is 2.89 bits per heavy atom. The van der Waals surface area contributed by atoms with E-state index in [1.54, 1.807) is 0 Å². The fourth-order valence-corrected chi connectivity index (χ4v) is 2.99. The van der Waals surface area contributed by atoms with Crippen LogP contribution in [0.5, 0.6) is 0 Å². The number of aryl methyl sites for hydroxylation is 1. The van der Waals surface area contributed by atoms with Crippen molar-refractivity contribution in [3.63, 3.8) is 0 Å². The van der Waals surface area contributed by atoms with Crippen molar-refractivity contribution in [2.24, 2.45) is 5.41 Å². The molecule has 0 atom stereocenters. The molecule has 1 fully saturated rings. The van der Waals surface area contributed by atoms with Crippen molar-refractivity contribution in [1.82, 2.24) is 5.32 Å². The predicted molar refractivity (Wildman–Crippen MR) is 77.3 cm³/mol. The number of thiophene rings is 1. The van der Waals surface area contributed by atoms with Gasteiger partial charge in [-0.3, -0.25) is 4.79 Å². The van der Waals surface area contributed by atoms with Crippen molar-refractivity contribution < 1.29 is 9.90 Å². The molecule has 4 heteroatoms. The first kappa shape index (κ1) is 14.1. The van der Waals surface area contributed by atoms with Gasteiger partial charge in [0.05, 0.1) is 9.75 Å². The van der Waals surface area contributed by atoms with Crippen LogP contribution in [0, 0.1) is 24.2 Å². The number of aliphatic hydroxyl groups excluding tert-OH is 1. The Hall–Kier alpha value is -1.31. The van der Waals surface area contributed by atoms with Gasteiger partial charge in [0, 0.05) is 6.54 Å². The zero-order valence-electron chi connectivity index (χ0n) is 11.4. The molecule has 3 nitrogen and oxygen atoms in total. The van der Waals surface area contributed by atoms with Crippen LogP contribution in [0.1, 0.15) is 46.3 Å². The molecule has 19 heavy (non-hydrogen) atoms. The highest BCUT2D eigenvalue weighted by Gasteiger charge is 2.40. The third-order valence-electron chi connectivity index (χ3n) is 3.75. The minimum atomic E-state index is -0.155. The van der Waals surface area contributed by atoms with Crippen LogP contribution >= 0.6 is 11.3 Å². The van der Waals surface area contributed by atoms with Crippen LogP contribution in [-0.4, -0.2) is 24.2 Å². The van der Waals surface area contributed by atoms with Gasteiger partial charge >= 0.3 is 0 Å². The maximum absolute atomic E-state index is 12.1. The molecule has 0 aliphatic heterocycles. The molecule has 2 rings (SSSR count). The van der Waals surface area contributed by atoms with E-state index in [9.17, 15) is 4.79 Å². The smallest absolute Gasteiger partial charge is 0.261 e. The number of carbonyl (C=O) groups excluding carboxylic acids is 1. The first-order valence-electron chi connectivity index (χ1n) is 6.58. The van der Waals surface area contributed by atoms with Crippen LogP contribution in [0.4, 0.5) is 0 Å². The van der Waals surface area contributed by atoms with Crippen LogP contribution in [0.2, 0.25) is 0 Å². The normalized spacial score (nSPS) is 15.5. The van der Waals surface area contributed by atoms with Crippen LogP contribution in [0.3, 0.4) is 0 Å². The summed E-state index contributed by atoms with van der Waals surface area (Å²) in [6.45, 7) is 4.73. The average Bonchev–Trinajstić information content (AvgIpc) is 3.11. The highest BCUT2D eigenvalue weighted by atomic mass is 32.1. The molecule has 0 saturated heterocycles. The van der Waals surface area contributed by atoms with E-state index in [0.29, 0.717) is 10.3 Å². The summed E-state index contributed by atoms with van der Waals surface area (Å²) >= 11 is 1.39. The lowest BCUT2D eigenvalue weighted by atomic mass is 10.0. The second-order valence-corrected chi connectivity index (χ2v) is 6.17. The second kappa shape index (κ2) is 5.77. The van der Waals surface area contributed by atoms with Crippen molar-refractivity contribution in [2.75, 3.05) is 13.2 Å². The van der Waals surface area contributed by atoms with Gasteiger partial charge in [-0.1, -0.05) is 18.8 Å². The zero-order chi connectivity index (χ0) is 13.9. The van der Waals surface area contributed by atoms with Crippen molar-refractivity contribution in [2.45, 2.75) is 33.1 Å². The molecule has 1 aliphatic carbocycles. The number of amides is 1. The topological polar surface area (TPSA) is 49.3 Å². The van der Waals surface area contributed by atoms with Gasteiger partial charge in [-0.25, -0.2) is 0 Å². The number of nitrogens with one attached hydrogen (secondary N) is 1. The van der Waals surface area contributed by atoms with Gasteiger partial charge < -0.3 is 10.4 Å². The third kappa shape index (κ3) is 3.37. The summed E-state index contributed by atoms with van der Waals surface area (Å²) < 4.78 is 0. The van der Waals surface area contributed by atoms with Gasteiger partial charge in [0.25, 0.3) is 5.91 Å². The Morgan fingerprint density at radius 1 is 1.58 bits per heavy atom. The van der Waals surface area contributed by atoms with Crippen LogP contribution < -0.4 is 5.32 Å². The summed E-state index contributed by atoms with van der Waals surface area (Å²) in [7, 11) is 0. The molecule has 1 heterocycles. The Balaban J connectivity index is 1.99. The third-order valence-corrected chi connectivity index (χ3v) is 4.90. The lowest BCUT2D eigenvalue weighted by Crippen LogP contribution is -2.29. The Morgan fingerprint density at radius 2 is 2.32 bits per heavy atom. The van der Waals surface area contributed by atoms with Gasteiger partial charge in [0.1, 0.15) is 6.61 Å². The Labute approximate surface area is 118 Å². The molecule has 1 aromatic rings. The zero-order valence-corrected chi connectivity index (χ0v) is 12.2. The van der Waals surface area contributed by atoms with E-state index in [0.717, 1.165) is 23.4 Å². The molecule has 0 spiro atoms. The van der Waals surface area contributed by atoms with E-state index in [2.05, 4.69) is 24.1 Å². The maximum Gasteiger partial charge on any atom is 0.261 e. The van der Waals surface area contributed by atoms with Crippen LogP contribution in [0.15, 0.2) is 6.07 Å². The van der Waals surface area contributed by atoms with Gasteiger partial charge in [0.15, 0.2) is 0 Å². The molecule has 0 bridgehead atoms. The van der Waals surface area contributed by atoms with Crippen molar-refractivity contribution in [3.8, 4) is 11.8 Å². The Kier molecular flexibility index (Phi) is 4.28. The van der Waals surface area contributed by atoms with E-state index in [1.807, 2.05) is 13.0 Å². The monoisotopic (exact) mass is 277 g/mol. The van der Waals surface area contributed by atoms with Crippen molar-refractivity contribution in [1.29, 1.82) is 0 Å². The molecule has 1 saturated carbocycles. The molecule has 102 valence electrons. The summed E-state index contributed by atoms with van der Waals surface area (Å²) in [4.78, 5) is 13.6. The molecule has 1 aliphatic rings. The number of hydrogen-bond donors (Lipinski definition) is 2. The standard InChI is InChI=1S/C15H19NO2S/c1-3-15(6-7-15)10-16-14(18)13-9-11(2)12(19-13)5-4-8-17/h9,17H,3,6-8,10H2,1-2H3,(H,16,18). The first-order chi connectivity index (χ1) is 9.10. The van der Waals surface area contributed by atoms with Crippen molar-refractivity contribution >= 4 is 17.2 Å². The Bertz CT molecular complexity index is 532. The molecule has 0 radical (unpaired) electrons. The summed E-state index contributed by atoms with van der Waals surface area (Å²) in [6, 6.07) is 1.87. The predicted octanol–water partition coefficient (Wildman–Crippen LogP) is 2.32. The SMILES string of the molecule is CCC1(CNC(=O)c2cc(C)c(C#CCO)s2)CC1. The van der Waals surface area contributed by atoms with Gasteiger partial charge in [0.2, 0.25) is 0 Å². The number of hydrogen-bond acceptors (Lipinski definition) is 3. The number of carbonyl (C=O) groups is 1. The molecule has 2 N–H and O–H groups in total. The van der Waals surface area contributed by atoms with Gasteiger partial charge in [-0.15, -0.1) is 11.3 Å². The number of aliphatic hydroxyl groups is 1. The fraction of sp³-hybridized carbons (Fsp3) is 0.533. The van der Waals surface area contributed by atoms with Gasteiger partial charge in [-0.05, 0) is 43.2 Å².